The first-order chi connectivity index (χ1) is 14.3. The van der Waals surface area contributed by atoms with E-state index in [1.54, 1.807) is 17.0 Å². The number of nitrogens with zero attached hydrogens (tertiary/aromatic N) is 3. The molecule has 2 aromatic carbocycles. The first-order valence-corrected chi connectivity index (χ1v) is 10.8. The van der Waals surface area contributed by atoms with E-state index in [0.29, 0.717) is 36.0 Å². The Labute approximate surface area is 170 Å². The van der Waals surface area contributed by atoms with Crippen molar-refractivity contribution < 1.29 is 26.5 Å². The molecule has 1 unspecified atom stereocenters. The monoisotopic (exact) mass is 437 g/mol. The number of nitro groups is 1. The molecule has 0 radical (unpaired) electrons. The number of benzene rings is 2. The first kappa shape index (κ1) is 20.2. The van der Waals surface area contributed by atoms with Crippen LogP contribution in [0.1, 0.15) is 31.2 Å². The van der Waals surface area contributed by atoms with Crippen LogP contribution in [0.3, 0.4) is 0 Å². The molecule has 1 aromatic heterocycles. The maximum atomic E-state index is 12.9. The van der Waals surface area contributed by atoms with E-state index in [0.717, 1.165) is 18.9 Å². The van der Waals surface area contributed by atoms with E-state index in [1.165, 1.54) is 6.07 Å². The molecule has 158 valence electrons. The van der Waals surface area contributed by atoms with Crippen LogP contribution in [0.5, 0.6) is 0 Å². The normalized spacial score (nSPS) is 17.6. The van der Waals surface area contributed by atoms with E-state index in [2.05, 4.69) is 4.98 Å². The van der Waals surface area contributed by atoms with Gasteiger partial charge in [0, 0.05) is 12.6 Å². The summed E-state index contributed by atoms with van der Waals surface area (Å²) in [5, 5.41) is 11.7. The van der Waals surface area contributed by atoms with Gasteiger partial charge < -0.3 is 9.32 Å². The number of alkyl halides is 2. The van der Waals surface area contributed by atoms with Crippen molar-refractivity contribution in [2.75, 3.05) is 11.4 Å². The third kappa shape index (κ3) is 3.49. The average Bonchev–Trinajstić information content (AvgIpc) is 3.17. The number of oxazole rings is 1. The van der Waals surface area contributed by atoms with Gasteiger partial charge >= 0.3 is 5.76 Å². The average molecular weight is 437 g/mol. The highest BCUT2D eigenvalue weighted by Gasteiger charge is 2.35. The van der Waals surface area contributed by atoms with Gasteiger partial charge in [-0.2, -0.15) is 8.78 Å². The van der Waals surface area contributed by atoms with Gasteiger partial charge in [-0.1, -0.05) is 12.1 Å². The van der Waals surface area contributed by atoms with Crippen LogP contribution in [0.25, 0.3) is 11.1 Å². The molecule has 0 N–H and O–H groups in total. The molecule has 30 heavy (non-hydrogen) atoms. The van der Waals surface area contributed by atoms with Gasteiger partial charge in [-0.05, 0) is 43.5 Å². The molecular weight excluding hydrogens is 420 g/mol. The van der Waals surface area contributed by atoms with Crippen LogP contribution in [0.2, 0.25) is 0 Å². The number of halogens is 2. The van der Waals surface area contributed by atoms with Crippen molar-refractivity contribution in [2.24, 2.45) is 0 Å². The van der Waals surface area contributed by atoms with Crippen LogP contribution < -0.4 is 4.90 Å². The Morgan fingerprint density at radius 2 is 1.97 bits per heavy atom. The minimum absolute atomic E-state index is 0.139. The zero-order valence-corrected chi connectivity index (χ0v) is 16.4. The molecule has 1 saturated heterocycles. The van der Waals surface area contributed by atoms with Crippen LogP contribution in [0, 0.1) is 10.1 Å². The fourth-order valence-corrected chi connectivity index (χ4v) is 4.42. The highest BCUT2D eigenvalue weighted by Crippen LogP contribution is 2.41. The minimum atomic E-state index is -4.95. The summed E-state index contributed by atoms with van der Waals surface area (Å²) < 4.78 is 55.2. The van der Waals surface area contributed by atoms with Crippen molar-refractivity contribution in [3.8, 4) is 0 Å². The fraction of sp³-hybridized carbons (Fsp3) is 0.316. The lowest BCUT2D eigenvalue weighted by atomic mass is 10.0. The van der Waals surface area contributed by atoms with E-state index in [-0.39, 0.29) is 5.69 Å². The van der Waals surface area contributed by atoms with Gasteiger partial charge in [0.2, 0.25) is 15.7 Å². The first-order valence-electron chi connectivity index (χ1n) is 9.21. The number of hydrogen-bond acceptors (Lipinski definition) is 7. The largest absolute Gasteiger partial charge is 0.438 e. The summed E-state index contributed by atoms with van der Waals surface area (Å²) >= 11 is 0. The Bertz CT molecular complexity index is 1180. The van der Waals surface area contributed by atoms with Crippen LogP contribution in [-0.2, 0) is 9.84 Å². The molecule has 1 aliphatic heterocycles. The Kier molecular flexibility index (Phi) is 5.14. The van der Waals surface area contributed by atoms with E-state index in [9.17, 15) is 27.3 Å². The van der Waals surface area contributed by atoms with E-state index < -0.39 is 37.1 Å². The molecule has 0 saturated carbocycles. The van der Waals surface area contributed by atoms with E-state index >= 15 is 0 Å². The number of fused-ring (bicyclic) bond motifs is 1. The molecule has 3 aromatic rings. The van der Waals surface area contributed by atoms with Crippen molar-refractivity contribution in [2.45, 2.75) is 36.0 Å². The molecule has 0 aliphatic carbocycles. The second kappa shape index (κ2) is 7.63. The fourth-order valence-electron chi connectivity index (χ4n) is 3.68. The minimum Gasteiger partial charge on any atom is -0.438 e. The molecule has 1 aliphatic rings. The summed E-state index contributed by atoms with van der Waals surface area (Å²) in [7, 11) is -4.95. The number of sulfone groups is 1. The molecule has 0 amide bonds. The van der Waals surface area contributed by atoms with E-state index in [1.807, 2.05) is 12.1 Å². The molecular formula is C19H17F2N3O5S. The maximum absolute atomic E-state index is 12.9. The van der Waals surface area contributed by atoms with Crippen molar-refractivity contribution in [1.82, 2.24) is 4.98 Å². The van der Waals surface area contributed by atoms with Gasteiger partial charge in [0.25, 0.3) is 5.69 Å². The predicted molar refractivity (Wildman–Crippen MR) is 104 cm³/mol. The molecule has 2 heterocycles. The number of anilines is 1. The quantitative estimate of drug-likeness (QED) is 0.428. The number of nitro benzene ring substituents is 1. The smallest absolute Gasteiger partial charge is 0.341 e. The zero-order valence-electron chi connectivity index (χ0n) is 15.6. The van der Waals surface area contributed by atoms with Crippen molar-refractivity contribution in [1.29, 1.82) is 0 Å². The van der Waals surface area contributed by atoms with Gasteiger partial charge in [0.05, 0.1) is 9.82 Å². The summed E-state index contributed by atoms with van der Waals surface area (Å²) in [4.78, 5) is 16.3. The SMILES string of the molecule is O=[N+]([O-])c1cc(S(=O)(=O)C(F)F)ccc1N1CCCCC1c1nc2ccccc2o1. The molecule has 1 fully saturated rings. The van der Waals surface area contributed by atoms with Crippen molar-refractivity contribution >= 4 is 32.3 Å². The lowest BCUT2D eigenvalue weighted by molar-refractivity contribution is -0.384. The summed E-state index contributed by atoms with van der Waals surface area (Å²) in [6, 6.07) is 9.66. The third-order valence-electron chi connectivity index (χ3n) is 5.11. The van der Waals surface area contributed by atoms with Gasteiger partial charge in [0.15, 0.2) is 5.58 Å². The second-order valence-corrected chi connectivity index (χ2v) is 8.86. The molecule has 8 nitrogen and oxygen atoms in total. The molecule has 0 spiro atoms. The Hall–Kier alpha value is -3.08. The predicted octanol–water partition coefficient (Wildman–Crippen LogP) is 4.46. The Balaban J connectivity index is 1.79. The van der Waals surface area contributed by atoms with E-state index in [4.69, 9.17) is 4.42 Å². The van der Waals surface area contributed by atoms with Crippen molar-refractivity contribution in [3.05, 3.63) is 58.5 Å². The second-order valence-electron chi connectivity index (χ2n) is 6.94. The number of piperidine rings is 1. The molecule has 0 bridgehead atoms. The van der Waals surface area contributed by atoms with Crippen molar-refractivity contribution in [3.63, 3.8) is 0 Å². The lowest BCUT2D eigenvalue weighted by Gasteiger charge is -2.35. The third-order valence-corrected chi connectivity index (χ3v) is 6.49. The maximum Gasteiger partial charge on any atom is 0.341 e. The Morgan fingerprint density at radius 3 is 2.67 bits per heavy atom. The van der Waals surface area contributed by atoms with Gasteiger partial charge in [-0.3, -0.25) is 10.1 Å². The molecule has 4 rings (SSSR count). The highest BCUT2D eigenvalue weighted by atomic mass is 32.2. The number of rotatable bonds is 5. The number of aromatic nitrogens is 1. The van der Waals surface area contributed by atoms with Crippen LogP contribution in [-0.4, -0.2) is 30.6 Å². The van der Waals surface area contributed by atoms with Crippen LogP contribution >= 0.6 is 0 Å². The topological polar surface area (TPSA) is 107 Å². The molecule has 1 atom stereocenters. The van der Waals surface area contributed by atoms with Gasteiger partial charge in [0.1, 0.15) is 17.2 Å². The summed E-state index contributed by atoms with van der Waals surface area (Å²) in [5.74, 6) is -3.26. The Morgan fingerprint density at radius 1 is 1.20 bits per heavy atom. The summed E-state index contributed by atoms with van der Waals surface area (Å²) in [6.07, 6.45) is 2.23. The highest BCUT2D eigenvalue weighted by molar-refractivity contribution is 7.91. The lowest BCUT2D eigenvalue weighted by Crippen LogP contribution is -2.34. The summed E-state index contributed by atoms with van der Waals surface area (Å²) in [5.41, 5.74) is 0.830. The standard InChI is InChI=1S/C19H17F2N3O5S/c20-19(21)30(27,28)12-8-9-14(16(11-12)24(25)26)23-10-4-3-6-15(23)18-22-13-5-1-2-7-17(13)29-18/h1-2,5,7-9,11,15,19H,3-4,6,10H2. The van der Waals surface area contributed by atoms with Gasteiger partial charge in [-0.25, -0.2) is 13.4 Å². The molecule has 11 heteroatoms. The summed E-state index contributed by atoms with van der Waals surface area (Å²) in [6.45, 7) is 0.450. The van der Waals surface area contributed by atoms with Crippen LogP contribution in [0.15, 0.2) is 51.8 Å². The number of hydrogen-bond donors (Lipinski definition) is 0. The zero-order chi connectivity index (χ0) is 21.5. The van der Waals surface area contributed by atoms with Crippen LogP contribution in [0.4, 0.5) is 20.2 Å². The van der Waals surface area contributed by atoms with Gasteiger partial charge in [-0.15, -0.1) is 0 Å². The number of para-hydroxylation sites is 2.